The molecule has 1 N–H and O–H groups in total. The third-order valence-corrected chi connectivity index (χ3v) is 8.03. The van der Waals surface area contributed by atoms with Crippen LogP contribution < -0.4 is 21.4 Å². The number of hydrogen-bond donors (Lipinski definition) is 1. The van der Waals surface area contributed by atoms with Gasteiger partial charge in [0.1, 0.15) is 11.4 Å². The summed E-state index contributed by atoms with van der Waals surface area (Å²) >= 11 is 2.54. The number of rotatable bonds is 6. The molecule has 0 radical (unpaired) electrons. The highest BCUT2D eigenvalue weighted by atomic mass is 32.2. The van der Waals surface area contributed by atoms with Gasteiger partial charge >= 0.3 is 0 Å². The maximum Gasteiger partial charge on any atom is 0.296 e. The molecule has 0 atom stereocenters. The molecule has 44 heavy (non-hydrogen) atoms. The number of benzene rings is 2. The number of hydrogen-bond acceptors (Lipinski definition) is 10. The van der Waals surface area contributed by atoms with Crippen LogP contribution in [0.1, 0.15) is 30.7 Å². The van der Waals surface area contributed by atoms with Gasteiger partial charge in [0.05, 0.1) is 11.4 Å². The van der Waals surface area contributed by atoms with Gasteiger partial charge in [-0.15, -0.1) is 25.5 Å². The monoisotopic (exact) mass is 631 g/mol. The van der Waals surface area contributed by atoms with Crippen molar-refractivity contribution in [3.63, 3.8) is 0 Å². The van der Waals surface area contributed by atoms with E-state index in [9.17, 15) is 9.59 Å². The summed E-state index contributed by atoms with van der Waals surface area (Å²) in [5, 5.41) is 22.2. The lowest BCUT2D eigenvalue weighted by atomic mass is 10.1. The zero-order chi connectivity index (χ0) is 31.1. The Bertz CT molecular complexity index is 1770. The molecule has 1 aliphatic heterocycles. The molecule has 1 saturated heterocycles. The van der Waals surface area contributed by atoms with Crippen molar-refractivity contribution in [1.29, 1.82) is 0 Å². The van der Waals surface area contributed by atoms with E-state index in [0.29, 0.717) is 40.7 Å². The zero-order valence-electron chi connectivity index (χ0n) is 24.9. The minimum absolute atomic E-state index is 0.222. The van der Waals surface area contributed by atoms with Crippen LogP contribution in [-0.2, 0) is 0 Å². The third kappa shape index (κ3) is 6.83. The summed E-state index contributed by atoms with van der Waals surface area (Å²) < 4.78 is 2.61. The van der Waals surface area contributed by atoms with E-state index in [1.165, 1.54) is 32.9 Å². The summed E-state index contributed by atoms with van der Waals surface area (Å²) in [5.41, 5.74) is 4.28. The molecular weight excluding hydrogens is 599 g/mol. The second kappa shape index (κ2) is 14.3. The van der Waals surface area contributed by atoms with Gasteiger partial charge < -0.3 is 4.90 Å². The van der Waals surface area contributed by atoms with Crippen molar-refractivity contribution in [2.45, 2.75) is 43.4 Å². The number of nitrogens with one attached hydrogen (secondary N) is 1. The Morgan fingerprint density at radius 2 is 1.39 bits per heavy atom. The maximum atomic E-state index is 13.4. The number of anilines is 1. The predicted molar refractivity (Wildman–Crippen MR) is 176 cm³/mol. The molecule has 2 aromatic heterocycles. The number of thioether (sulfide) groups is 2. The first-order chi connectivity index (χ1) is 21.4. The average Bonchev–Trinajstić information content (AvgIpc) is 3.06. The van der Waals surface area contributed by atoms with E-state index in [0.717, 1.165) is 19.3 Å². The number of para-hydroxylation sites is 2. The van der Waals surface area contributed by atoms with Gasteiger partial charge in [-0.3, -0.25) is 15.0 Å². The lowest BCUT2D eigenvalue weighted by Gasteiger charge is -2.37. The Balaban J connectivity index is 1.82. The highest BCUT2D eigenvalue weighted by Crippen LogP contribution is 2.23. The second-order valence-electron chi connectivity index (χ2n) is 9.80. The maximum absolute atomic E-state index is 13.4. The Morgan fingerprint density at radius 1 is 0.795 bits per heavy atom. The highest BCUT2D eigenvalue weighted by Gasteiger charge is 2.29. The van der Waals surface area contributed by atoms with Gasteiger partial charge in [-0.1, -0.05) is 59.9 Å². The highest BCUT2D eigenvalue weighted by molar-refractivity contribution is 7.98. The van der Waals surface area contributed by atoms with Gasteiger partial charge in [0, 0.05) is 13.1 Å². The first-order valence-corrected chi connectivity index (χ1v) is 16.5. The summed E-state index contributed by atoms with van der Waals surface area (Å²) in [6.07, 6.45) is 6.61. The molecule has 0 aliphatic carbocycles. The molecule has 5 rings (SSSR count). The van der Waals surface area contributed by atoms with E-state index in [2.05, 4.69) is 30.7 Å². The Labute approximate surface area is 263 Å². The fourth-order valence-electron chi connectivity index (χ4n) is 4.54. The molecule has 3 heterocycles. The van der Waals surface area contributed by atoms with E-state index in [1.54, 1.807) is 13.8 Å². The van der Waals surface area contributed by atoms with Crippen LogP contribution in [-0.4, -0.2) is 72.2 Å². The minimum atomic E-state index is -0.378. The van der Waals surface area contributed by atoms with E-state index in [-0.39, 0.29) is 28.5 Å². The molecule has 13 nitrogen and oxygen atoms in total. The molecule has 0 unspecified atom stereocenters. The van der Waals surface area contributed by atoms with E-state index >= 15 is 0 Å². The zero-order valence-corrected chi connectivity index (χ0v) is 26.5. The molecule has 1 aliphatic rings. The van der Waals surface area contributed by atoms with E-state index < -0.39 is 0 Å². The Hall–Kier alpha value is -4.50. The fraction of sp³-hybridized carbons (Fsp3) is 0.310. The lowest BCUT2D eigenvalue weighted by molar-refractivity contribution is 0.336. The molecule has 1 fully saturated rings. The van der Waals surface area contributed by atoms with E-state index in [4.69, 9.17) is 10.1 Å². The van der Waals surface area contributed by atoms with Gasteiger partial charge in [-0.25, -0.2) is 9.89 Å². The summed E-state index contributed by atoms with van der Waals surface area (Å²) in [6, 6.07) is 19.0. The second-order valence-corrected chi connectivity index (χ2v) is 11.3. The van der Waals surface area contributed by atoms with Crippen molar-refractivity contribution in [3.05, 3.63) is 92.8 Å². The molecule has 0 bridgehead atoms. The van der Waals surface area contributed by atoms with Gasteiger partial charge in [-0.2, -0.15) is 9.35 Å². The minimum Gasteiger partial charge on any atom is -0.341 e. The number of aliphatic imine (C=N–C) groups is 1. The summed E-state index contributed by atoms with van der Waals surface area (Å²) in [5.74, 6) is 0.689. The summed E-state index contributed by atoms with van der Waals surface area (Å²) in [7, 11) is 0. The number of piperidine rings is 1. The number of guanidine groups is 2. The smallest absolute Gasteiger partial charge is 0.296 e. The molecule has 0 saturated carbocycles. The van der Waals surface area contributed by atoms with Crippen molar-refractivity contribution >= 4 is 46.8 Å². The van der Waals surface area contributed by atoms with Crippen molar-refractivity contribution in [1.82, 2.24) is 34.6 Å². The van der Waals surface area contributed by atoms with Crippen LogP contribution in [0, 0.1) is 13.8 Å². The van der Waals surface area contributed by atoms with Crippen LogP contribution in [0.4, 0.5) is 11.4 Å². The topological polar surface area (TPSA) is 139 Å². The Kier molecular flexibility index (Phi) is 10.1. The van der Waals surface area contributed by atoms with Gasteiger partial charge in [0.15, 0.2) is 0 Å². The van der Waals surface area contributed by atoms with Crippen LogP contribution in [0.25, 0.3) is 0 Å². The number of nitrogens with zero attached hydrogens (tertiary/aromatic N) is 10. The van der Waals surface area contributed by atoms with E-state index in [1.807, 2.05) is 78.1 Å². The van der Waals surface area contributed by atoms with Crippen LogP contribution >= 0.6 is 23.5 Å². The molecule has 15 heteroatoms. The van der Waals surface area contributed by atoms with Crippen LogP contribution in [0.3, 0.4) is 0 Å². The largest absolute Gasteiger partial charge is 0.341 e. The van der Waals surface area contributed by atoms with Crippen molar-refractivity contribution in [2.24, 2.45) is 10.1 Å². The Morgan fingerprint density at radius 3 is 2.02 bits per heavy atom. The quantitative estimate of drug-likeness (QED) is 0.189. The van der Waals surface area contributed by atoms with Crippen LogP contribution in [0.5, 0.6) is 0 Å². The number of likely N-dealkylation sites (tertiary alicyclic amines) is 1. The van der Waals surface area contributed by atoms with Gasteiger partial charge in [-0.05, 0) is 69.9 Å². The third-order valence-electron chi connectivity index (χ3n) is 6.78. The summed E-state index contributed by atoms with van der Waals surface area (Å²) in [6.45, 7) is 4.62. The predicted octanol–water partition coefficient (Wildman–Crippen LogP) is 3.69. The molecule has 228 valence electrons. The first-order valence-electron chi connectivity index (χ1n) is 14.0. The molecule has 0 spiro atoms. The standard InChI is InChI=1S/C29H33N11O2S2/c1-20-24(41)39(28(43-3)33-31-20)35-26(30-22-14-8-5-9-15-22)38(23-16-10-6-11-17-23)27(37-18-12-7-13-19-37)36-40-25(42)21(2)32-34-29(40)44-4/h5-6,8-11,14-17H,7,12-13,18-19H2,1-4H3,(H,30,35)/b36-27-. The lowest BCUT2D eigenvalue weighted by Crippen LogP contribution is -2.54. The fourth-order valence-corrected chi connectivity index (χ4v) is 5.39. The van der Waals surface area contributed by atoms with Crippen molar-refractivity contribution in [3.8, 4) is 0 Å². The first kappa shape index (κ1) is 30.9. The van der Waals surface area contributed by atoms with Gasteiger partial charge in [0.2, 0.25) is 22.2 Å². The molecular formula is C29H33N11O2S2. The number of aryl methyl sites for hydroxylation is 2. The normalized spacial score (nSPS) is 14.0. The number of aromatic nitrogens is 6. The van der Waals surface area contributed by atoms with Crippen LogP contribution in [0.15, 0.2) is 90.7 Å². The van der Waals surface area contributed by atoms with Crippen molar-refractivity contribution in [2.75, 3.05) is 35.9 Å². The van der Waals surface area contributed by atoms with Crippen LogP contribution in [0.2, 0.25) is 0 Å². The molecule has 2 aromatic carbocycles. The molecule has 0 amide bonds. The van der Waals surface area contributed by atoms with Gasteiger partial charge in [0.25, 0.3) is 11.1 Å². The van der Waals surface area contributed by atoms with Crippen molar-refractivity contribution < 1.29 is 0 Å². The SMILES string of the molecule is CSc1nnc(C)c(=O)n1/N=C(/N1CCCCC1)N(C(=Nc1ccccc1)Nn1c(SC)nnc(C)c1=O)c1ccccc1. The molecule has 4 aromatic rings. The average molecular weight is 632 g/mol. The summed E-state index contributed by atoms with van der Waals surface area (Å²) in [4.78, 5) is 35.8.